The largest absolute Gasteiger partial charge is 0.338 e. The SMILES string of the molecule is O=C(NCCC1CCCCN1)NC1CCC1. The zero-order chi connectivity index (χ0) is 11.2. The van der Waals surface area contributed by atoms with Gasteiger partial charge in [-0.1, -0.05) is 6.42 Å². The Bertz CT molecular complexity index is 222. The average Bonchev–Trinajstić information content (AvgIpc) is 2.25. The number of amides is 2. The quantitative estimate of drug-likeness (QED) is 0.677. The lowest BCUT2D eigenvalue weighted by Gasteiger charge is -2.27. The van der Waals surface area contributed by atoms with Crippen LogP contribution >= 0.6 is 0 Å². The third-order valence-electron chi connectivity index (χ3n) is 3.63. The number of rotatable bonds is 4. The smallest absolute Gasteiger partial charge is 0.315 e. The highest BCUT2D eigenvalue weighted by molar-refractivity contribution is 5.74. The lowest BCUT2D eigenvalue weighted by Crippen LogP contribution is -2.46. The van der Waals surface area contributed by atoms with Gasteiger partial charge in [-0.2, -0.15) is 0 Å². The van der Waals surface area contributed by atoms with Crippen LogP contribution in [0.5, 0.6) is 0 Å². The molecule has 0 aromatic carbocycles. The number of hydrogen-bond acceptors (Lipinski definition) is 2. The van der Waals surface area contributed by atoms with Crippen molar-refractivity contribution in [3.05, 3.63) is 0 Å². The van der Waals surface area contributed by atoms with Gasteiger partial charge in [-0.25, -0.2) is 4.79 Å². The van der Waals surface area contributed by atoms with E-state index >= 15 is 0 Å². The zero-order valence-corrected chi connectivity index (χ0v) is 9.93. The Morgan fingerprint density at radius 2 is 2.06 bits per heavy atom. The molecule has 2 amide bonds. The number of nitrogens with one attached hydrogen (secondary N) is 3. The van der Waals surface area contributed by atoms with Gasteiger partial charge in [-0.05, 0) is 45.1 Å². The molecular formula is C12H23N3O. The van der Waals surface area contributed by atoms with Crippen LogP contribution in [0.1, 0.15) is 44.9 Å². The van der Waals surface area contributed by atoms with E-state index in [1.54, 1.807) is 0 Å². The van der Waals surface area contributed by atoms with Gasteiger partial charge in [0, 0.05) is 18.6 Å². The van der Waals surface area contributed by atoms with Crippen LogP contribution in [0, 0.1) is 0 Å². The van der Waals surface area contributed by atoms with Gasteiger partial charge in [0.05, 0.1) is 0 Å². The van der Waals surface area contributed by atoms with Gasteiger partial charge in [0.15, 0.2) is 0 Å². The molecule has 2 fully saturated rings. The number of piperidine rings is 1. The van der Waals surface area contributed by atoms with E-state index in [4.69, 9.17) is 0 Å². The molecule has 2 rings (SSSR count). The van der Waals surface area contributed by atoms with Crippen LogP contribution in [-0.4, -0.2) is 31.2 Å². The maximum absolute atomic E-state index is 11.4. The molecule has 1 heterocycles. The third-order valence-corrected chi connectivity index (χ3v) is 3.63. The van der Waals surface area contributed by atoms with Crippen molar-refractivity contribution in [3.8, 4) is 0 Å². The van der Waals surface area contributed by atoms with E-state index in [9.17, 15) is 4.79 Å². The van der Waals surface area contributed by atoms with Crippen LogP contribution in [0.3, 0.4) is 0 Å². The first-order valence-corrected chi connectivity index (χ1v) is 6.62. The fourth-order valence-corrected chi connectivity index (χ4v) is 2.32. The second-order valence-electron chi connectivity index (χ2n) is 4.96. The van der Waals surface area contributed by atoms with E-state index in [1.807, 2.05) is 0 Å². The maximum atomic E-state index is 11.4. The summed E-state index contributed by atoms with van der Waals surface area (Å²) >= 11 is 0. The van der Waals surface area contributed by atoms with Gasteiger partial charge in [0.25, 0.3) is 0 Å². The van der Waals surface area contributed by atoms with Crippen LogP contribution in [0.4, 0.5) is 4.79 Å². The van der Waals surface area contributed by atoms with Crippen LogP contribution in [0.25, 0.3) is 0 Å². The molecule has 1 aliphatic carbocycles. The fourth-order valence-electron chi connectivity index (χ4n) is 2.32. The molecule has 4 heteroatoms. The number of hydrogen-bond donors (Lipinski definition) is 3. The molecule has 0 spiro atoms. The Morgan fingerprint density at radius 3 is 2.69 bits per heavy atom. The molecule has 4 nitrogen and oxygen atoms in total. The Hall–Kier alpha value is -0.770. The minimum atomic E-state index is 0.0144. The molecule has 0 bridgehead atoms. The van der Waals surface area contributed by atoms with E-state index in [1.165, 1.54) is 25.7 Å². The summed E-state index contributed by atoms with van der Waals surface area (Å²) in [4.78, 5) is 11.4. The summed E-state index contributed by atoms with van der Waals surface area (Å²) in [6.45, 7) is 1.93. The molecule has 1 atom stereocenters. The van der Waals surface area contributed by atoms with Crippen LogP contribution in [0.15, 0.2) is 0 Å². The van der Waals surface area contributed by atoms with Crippen LogP contribution in [0.2, 0.25) is 0 Å². The number of carbonyl (C=O) groups is 1. The first-order valence-electron chi connectivity index (χ1n) is 6.62. The Morgan fingerprint density at radius 1 is 1.19 bits per heavy atom. The summed E-state index contributed by atoms with van der Waals surface area (Å²) in [5, 5.41) is 9.41. The normalized spacial score (nSPS) is 25.9. The molecule has 16 heavy (non-hydrogen) atoms. The first kappa shape index (κ1) is 11.7. The molecule has 2 aliphatic rings. The summed E-state index contributed by atoms with van der Waals surface area (Å²) in [7, 11) is 0. The second-order valence-corrected chi connectivity index (χ2v) is 4.96. The highest BCUT2D eigenvalue weighted by atomic mass is 16.2. The lowest BCUT2D eigenvalue weighted by molar-refractivity contribution is 0.227. The van der Waals surface area contributed by atoms with Gasteiger partial charge in [0.1, 0.15) is 0 Å². The Labute approximate surface area is 97.6 Å². The van der Waals surface area contributed by atoms with Gasteiger partial charge in [-0.15, -0.1) is 0 Å². The summed E-state index contributed by atoms with van der Waals surface area (Å²) in [6, 6.07) is 1.06. The molecule has 1 saturated heterocycles. The molecule has 0 aromatic heterocycles. The minimum Gasteiger partial charge on any atom is -0.338 e. The topological polar surface area (TPSA) is 53.2 Å². The van der Waals surface area contributed by atoms with Crippen molar-refractivity contribution in [3.63, 3.8) is 0 Å². The van der Waals surface area contributed by atoms with Crippen molar-refractivity contribution >= 4 is 6.03 Å². The first-order chi connectivity index (χ1) is 7.84. The van der Waals surface area contributed by atoms with Gasteiger partial charge in [0.2, 0.25) is 0 Å². The fraction of sp³-hybridized carbons (Fsp3) is 0.917. The highest BCUT2D eigenvalue weighted by Crippen LogP contribution is 2.17. The highest BCUT2D eigenvalue weighted by Gasteiger charge is 2.19. The van der Waals surface area contributed by atoms with Crippen molar-refractivity contribution in [1.82, 2.24) is 16.0 Å². The van der Waals surface area contributed by atoms with E-state index in [0.29, 0.717) is 12.1 Å². The molecule has 3 N–H and O–H groups in total. The monoisotopic (exact) mass is 225 g/mol. The van der Waals surface area contributed by atoms with E-state index in [0.717, 1.165) is 32.4 Å². The number of urea groups is 1. The van der Waals surface area contributed by atoms with Crippen molar-refractivity contribution in [2.24, 2.45) is 0 Å². The molecule has 0 radical (unpaired) electrons. The molecule has 1 unspecified atom stereocenters. The van der Waals surface area contributed by atoms with Gasteiger partial charge >= 0.3 is 6.03 Å². The summed E-state index contributed by atoms with van der Waals surface area (Å²) in [5.74, 6) is 0. The van der Waals surface area contributed by atoms with Crippen molar-refractivity contribution < 1.29 is 4.79 Å². The summed E-state index contributed by atoms with van der Waals surface area (Å²) in [6.07, 6.45) is 8.49. The average molecular weight is 225 g/mol. The van der Waals surface area contributed by atoms with Crippen LogP contribution < -0.4 is 16.0 Å². The van der Waals surface area contributed by atoms with Crippen molar-refractivity contribution in [1.29, 1.82) is 0 Å². The van der Waals surface area contributed by atoms with Gasteiger partial charge < -0.3 is 16.0 Å². The summed E-state index contributed by atoms with van der Waals surface area (Å²) < 4.78 is 0. The molecule has 1 aliphatic heterocycles. The summed E-state index contributed by atoms with van der Waals surface area (Å²) in [5.41, 5.74) is 0. The Kier molecular flexibility index (Phi) is 4.45. The van der Waals surface area contributed by atoms with E-state index < -0.39 is 0 Å². The van der Waals surface area contributed by atoms with Crippen LogP contribution in [-0.2, 0) is 0 Å². The number of carbonyl (C=O) groups excluding carboxylic acids is 1. The maximum Gasteiger partial charge on any atom is 0.315 e. The molecule has 92 valence electrons. The lowest BCUT2D eigenvalue weighted by atomic mass is 9.93. The Balaban J connectivity index is 1.51. The third kappa shape index (κ3) is 3.67. The molecular weight excluding hydrogens is 202 g/mol. The predicted molar refractivity (Wildman–Crippen MR) is 64.4 cm³/mol. The minimum absolute atomic E-state index is 0.0144. The zero-order valence-electron chi connectivity index (χ0n) is 9.93. The predicted octanol–water partition coefficient (Wildman–Crippen LogP) is 1.37. The van der Waals surface area contributed by atoms with Gasteiger partial charge in [-0.3, -0.25) is 0 Å². The molecule has 0 aromatic rings. The second kappa shape index (κ2) is 6.09. The van der Waals surface area contributed by atoms with Crippen molar-refractivity contribution in [2.75, 3.05) is 13.1 Å². The van der Waals surface area contributed by atoms with Crippen molar-refractivity contribution in [2.45, 2.75) is 57.0 Å². The standard InChI is InChI=1S/C12H23N3O/c16-12(15-11-5-3-6-11)14-9-7-10-4-1-2-8-13-10/h10-11,13H,1-9H2,(H2,14,15,16). The molecule has 1 saturated carbocycles. The van der Waals surface area contributed by atoms with E-state index in [2.05, 4.69) is 16.0 Å². The van der Waals surface area contributed by atoms with E-state index in [-0.39, 0.29) is 6.03 Å².